The Labute approximate surface area is 185 Å². The van der Waals surface area contributed by atoms with Crippen LogP contribution in [0.2, 0.25) is 5.02 Å². The smallest absolute Gasteiger partial charge is 0.325 e. The highest BCUT2D eigenvalue weighted by Gasteiger charge is 2.53. The molecule has 2 aromatic rings. The van der Waals surface area contributed by atoms with Crippen LogP contribution in [-0.2, 0) is 11.3 Å². The molecule has 1 atom stereocenters. The van der Waals surface area contributed by atoms with E-state index in [0.29, 0.717) is 42.3 Å². The summed E-state index contributed by atoms with van der Waals surface area (Å²) in [6.45, 7) is 3.30. The fourth-order valence-corrected chi connectivity index (χ4v) is 4.27. The van der Waals surface area contributed by atoms with Gasteiger partial charge in [0.1, 0.15) is 11.3 Å². The first-order valence-corrected chi connectivity index (χ1v) is 10.7. The highest BCUT2D eigenvalue weighted by molar-refractivity contribution is 6.30. The number of carbonyl (C=O) groups excluding carboxylic acids is 3. The topological polar surface area (TPSA) is 79.0 Å². The van der Waals surface area contributed by atoms with Gasteiger partial charge in [-0.1, -0.05) is 23.7 Å². The van der Waals surface area contributed by atoms with Crippen molar-refractivity contribution in [2.75, 3.05) is 19.7 Å². The number of piperidine rings is 1. The fraction of sp³-hybridized carbons (Fsp3) is 0.348. The van der Waals surface area contributed by atoms with Crippen LogP contribution in [0.1, 0.15) is 35.7 Å². The van der Waals surface area contributed by atoms with Gasteiger partial charge in [-0.25, -0.2) is 4.79 Å². The molecule has 0 saturated carbocycles. The van der Waals surface area contributed by atoms with Gasteiger partial charge in [0.2, 0.25) is 0 Å². The number of likely N-dealkylation sites (tertiary alicyclic amines) is 1. The number of carbonyl (C=O) groups is 3. The summed E-state index contributed by atoms with van der Waals surface area (Å²) in [5.41, 5.74) is 0.251. The Morgan fingerprint density at radius 2 is 1.84 bits per heavy atom. The van der Waals surface area contributed by atoms with Gasteiger partial charge in [-0.05, 0) is 61.7 Å². The van der Waals surface area contributed by atoms with E-state index in [1.54, 1.807) is 53.4 Å². The molecule has 4 amide bonds. The Bertz CT molecular complexity index is 993. The number of urea groups is 1. The largest absolute Gasteiger partial charge is 0.494 e. The van der Waals surface area contributed by atoms with Crippen molar-refractivity contribution >= 4 is 29.4 Å². The van der Waals surface area contributed by atoms with E-state index in [2.05, 4.69) is 5.32 Å². The molecular weight excluding hydrogens is 418 g/mol. The first-order valence-electron chi connectivity index (χ1n) is 10.3. The Hall–Kier alpha value is -3.06. The van der Waals surface area contributed by atoms with Gasteiger partial charge in [-0.15, -0.1) is 0 Å². The maximum Gasteiger partial charge on any atom is 0.325 e. The lowest BCUT2D eigenvalue weighted by molar-refractivity contribution is -0.133. The van der Waals surface area contributed by atoms with Crippen LogP contribution < -0.4 is 10.1 Å². The fourth-order valence-electron chi connectivity index (χ4n) is 4.14. The molecule has 0 unspecified atom stereocenters. The SMILES string of the molecule is CCOc1ccc(C(=O)N2CCC[C@]3(C2)NC(=O)N(Cc2ccc(Cl)cc2)C3=O)cc1. The molecule has 0 bridgehead atoms. The van der Waals surface area contributed by atoms with Gasteiger partial charge in [0.05, 0.1) is 19.7 Å². The molecule has 8 heteroatoms. The summed E-state index contributed by atoms with van der Waals surface area (Å²) in [5.74, 6) is 0.238. The minimum atomic E-state index is -1.08. The molecule has 1 N–H and O–H groups in total. The number of rotatable bonds is 5. The number of hydrogen-bond donors (Lipinski definition) is 1. The maximum atomic E-state index is 13.2. The third-order valence-corrected chi connectivity index (χ3v) is 5.94. The Kier molecular flexibility index (Phi) is 5.87. The van der Waals surface area contributed by atoms with E-state index in [1.807, 2.05) is 6.92 Å². The summed E-state index contributed by atoms with van der Waals surface area (Å²) in [7, 11) is 0. The van der Waals surface area contributed by atoms with Gasteiger partial charge in [0, 0.05) is 17.1 Å². The number of hydrogen-bond acceptors (Lipinski definition) is 4. The van der Waals surface area contributed by atoms with Crippen LogP contribution in [0.4, 0.5) is 4.79 Å². The lowest BCUT2D eigenvalue weighted by Gasteiger charge is -2.38. The van der Waals surface area contributed by atoms with Crippen molar-refractivity contribution in [3.05, 3.63) is 64.7 Å². The molecule has 2 fully saturated rings. The van der Waals surface area contributed by atoms with Gasteiger partial charge in [0.25, 0.3) is 11.8 Å². The molecule has 2 saturated heterocycles. The zero-order valence-electron chi connectivity index (χ0n) is 17.3. The Morgan fingerprint density at radius 3 is 2.52 bits per heavy atom. The number of nitrogens with zero attached hydrogens (tertiary/aromatic N) is 2. The van der Waals surface area contributed by atoms with Crippen molar-refractivity contribution in [2.24, 2.45) is 0 Å². The summed E-state index contributed by atoms with van der Waals surface area (Å²) in [6, 6.07) is 13.5. The van der Waals surface area contributed by atoms with Crippen LogP contribution in [-0.4, -0.2) is 52.9 Å². The molecule has 0 radical (unpaired) electrons. The molecule has 2 aliphatic heterocycles. The number of halogens is 1. The summed E-state index contributed by atoms with van der Waals surface area (Å²) in [5, 5.41) is 3.45. The number of imide groups is 1. The lowest BCUT2D eigenvalue weighted by Crippen LogP contribution is -2.59. The van der Waals surface area contributed by atoms with E-state index < -0.39 is 11.6 Å². The van der Waals surface area contributed by atoms with Crippen molar-refractivity contribution in [3.63, 3.8) is 0 Å². The van der Waals surface area contributed by atoms with Crippen molar-refractivity contribution in [1.29, 1.82) is 0 Å². The second-order valence-electron chi connectivity index (χ2n) is 7.82. The quantitative estimate of drug-likeness (QED) is 0.720. The second-order valence-corrected chi connectivity index (χ2v) is 8.25. The van der Waals surface area contributed by atoms with Crippen molar-refractivity contribution < 1.29 is 19.1 Å². The molecule has 1 spiro atoms. The molecule has 162 valence electrons. The molecule has 2 heterocycles. The summed E-state index contributed by atoms with van der Waals surface area (Å²) < 4.78 is 5.43. The van der Waals surface area contributed by atoms with Gasteiger partial charge in [-0.3, -0.25) is 14.5 Å². The molecule has 4 rings (SSSR count). The third-order valence-electron chi connectivity index (χ3n) is 5.69. The average molecular weight is 442 g/mol. The highest BCUT2D eigenvalue weighted by atomic mass is 35.5. The van der Waals surface area contributed by atoms with E-state index in [9.17, 15) is 14.4 Å². The van der Waals surface area contributed by atoms with Crippen molar-refractivity contribution in [2.45, 2.75) is 31.8 Å². The zero-order chi connectivity index (χ0) is 22.0. The Morgan fingerprint density at radius 1 is 1.13 bits per heavy atom. The second kappa shape index (κ2) is 8.59. The number of nitrogens with one attached hydrogen (secondary N) is 1. The van der Waals surface area contributed by atoms with E-state index in [0.717, 1.165) is 5.56 Å². The highest BCUT2D eigenvalue weighted by Crippen LogP contribution is 2.30. The number of benzene rings is 2. The standard InChI is InChI=1S/C23H24ClN3O4/c1-2-31-19-10-6-17(7-11-19)20(28)26-13-3-12-23(15-26)21(29)27(22(30)25-23)14-16-4-8-18(24)9-5-16/h4-11H,2-3,12-15H2,1H3,(H,25,30)/t23-/m1/s1. The van der Waals surface area contributed by atoms with Gasteiger partial charge >= 0.3 is 6.03 Å². The lowest BCUT2D eigenvalue weighted by atomic mass is 9.88. The van der Waals surface area contributed by atoms with E-state index in [1.165, 1.54) is 4.90 Å². The molecule has 2 aliphatic rings. The minimum absolute atomic E-state index is 0.154. The van der Waals surface area contributed by atoms with Crippen LogP contribution in [0.5, 0.6) is 5.75 Å². The molecule has 0 aliphatic carbocycles. The van der Waals surface area contributed by atoms with Crippen molar-refractivity contribution in [1.82, 2.24) is 15.1 Å². The van der Waals surface area contributed by atoms with Crippen LogP contribution in [0, 0.1) is 0 Å². The number of amides is 4. The first-order chi connectivity index (χ1) is 14.9. The average Bonchev–Trinajstić information content (AvgIpc) is 2.99. The summed E-state index contributed by atoms with van der Waals surface area (Å²) in [4.78, 5) is 41.8. The molecule has 0 aromatic heterocycles. The maximum absolute atomic E-state index is 13.2. The molecular formula is C23H24ClN3O4. The molecule has 2 aromatic carbocycles. The predicted octanol–water partition coefficient (Wildman–Crippen LogP) is 3.47. The van der Waals surface area contributed by atoms with E-state index >= 15 is 0 Å². The first kappa shape index (κ1) is 21.2. The predicted molar refractivity (Wildman–Crippen MR) is 116 cm³/mol. The summed E-state index contributed by atoms with van der Waals surface area (Å²) >= 11 is 5.92. The number of ether oxygens (including phenoxy) is 1. The summed E-state index contributed by atoms with van der Waals surface area (Å²) in [6.07, 6.45) is 1.13. The van der Waals surface area contributed by atoms with Crippen LogP contribution in [0.3, 0.4) is 0 Å². The van der Waals surface area contributed by atoms with Gasteiger partial charge in [0.15, 0.2) is 0 Å². The molecule has 7 nitrogen and oxygen atoms in total. The Balaban J connectivity index is 1.48. The van der Waals surface area contributed by atoms with Crippen LogP contribution in [0.25, 0.3) is 0 Å². The van der Waals surface area contributed by atoms with Crippen LogP contribution in [0.15, 0.2) is 48.5 Å². The van der Waals surface area contributed by atoms with E-state index in [-0.39, 0.29) is 24.9 Å². The van der Waals surface area contributed by atoms with Crippen LogP contribution >= 0.6 is 11.6 Å². The van der Waals surface area contributed by atoms with Gasteiger partial charge < -0.3 is 15.0 Å². The van der Waals surface area contributed by atoms with Gasteiger partial charge in [-0.2, -0.15) is 0 Å². The minimum Gasteiger partial charge on any atom is -0.494 e. The molecule has 31 heavy (non-hydrogen) atoms. The third kappa shape index (κ3) is 4.23. The zero-order valence-corrected chi connectivity index (χ0v) is 18.0. The van der Waals surface area contributed by atoms with E-state index in [4.69, 9.17) is 16.3 Å². The van der Waals surface area contributed by atoms with Crippen molar-refractivity contribution in [3.8, 4) is 5.75 Å². The normalized spacial score (nSPS) is 20.8. The monoisotopic (exact) mass is 441 g/mol.